The quantitative estimate of drug-likeness (QED) is 0.692. The lowest BCUT2D eigenvalue weighted by molar-refractivity contribution is -0.679. The van der Waals surface area contributed by atoms with Gasteiger partial charge in [0.2, 0.25) is 0 Å². The first-order valence-electron chi connectivity index (χ1n) is 7.48. The summed E-state index contributed by atoms with van der Waals surface area (Å²) in [6, 6.07) is 12.7. The molecular weight excluding hydrogens is 270 g/mol. The molecule has 0 aromatic carbocycles. The SMILES string of the molecule is Cc1ccc(Cc2ccc(Cc3ccncc3)[n+](C)c2)cn1. The number of aryl methyl sites for hydroxylation is 2. The zero-order chi connectivity index (χ0) is 15.4. The summed E-state index contributed by atoms with van der Waals surface area (Å²) < 4.78 is 2.21. The van der Waals surface area contributed by atoms with Crippen LogP contribution in [0.2, 0.25) is 0 Å². The third kappa shape index (κ3) is 3.55. The summed E-state index contributed by atoms with van der Waals surface area (Å²) in [6.07, 6.45) is 9.68. The zero-order valence-electron chi connectivity index (χ0n) is 13.0. The highest BCUT2D eigenvalue weighted by molar-refractivity contribution is 5.24. The smallest absolute Gasteiger partial charge is 0.185 e. The Morgan fingerprint density at radius 1 is 0.864 bits per heavy atom. The van der Waals surface area contributed by atoms with Gasteiger partial charge < -0.3 is 0 Å². The second kappa shape index (κ2) is 6.48. The third-order valence-electron chi connectivity index (χ3n) is 3.82. The van der Waals surface area contributed by atoms with E-state index in [9.17, 15) is 0 Å². The molecule has 0 aliphatic rings. The van der Waals surface area contributed by atoms with Crippen molar-refractivity contribution >= 4 is 0 Å². The van der Waals surface area contributed by atoms with Crippen LogP contribution in [0.3, 0.4) is 0 Å². The average molecular weight is 290 g/mol. The average Bonchev–Trinajstić information content (AvgIpc) is 2.53. The van der Waals surface area contributed by atoms with E-state index in [4.69, 9.17) is 0 Å². The Kier molecular flexibility index (Phi) is 4.24. The van der Waals surface area contributed by atoms with Crippen LogP contribution < -0.4 is 4.57 Å². The third-order valence-corrected chi connectivity index (χ3v) is 3.82. The van der Waals surface area contributed by atoms with Crippen molar-refractivity contribution in [1.29, 1.82) is 0 Å². The minimum Gasteiger partial charge on any atom is -0.265 e. The Morgan fingerprint density at radius 3 is 2.32 bits per heavy atom. The van der Waals surface area contributed by atoms with Crippen LogP contribution in [0, 0.1) is 6.92 Å². The maximum Gasteiger partial charge on any atom is 0.185 e. The van der Waals surface area contributed by atoms with Crippen molar-refractivity contribution in [3.8, 4) is 0 Å². The van der Waals surface area contributed by atoms with E-state index in [1.807, 2.05) is 25.5 Å². The van der Waals surface area contributed by atoms with E-state index in [0.29, 0.717) is 0 Å². The molecule has 0 aliphatic heterocycles. The van der Waals surface area contributed by atoms with Gasteiger partial charge in [-0.15, -0.1) is 0 Å². The van der Waals surface area contributed by atoms with Gasteiger partial charge in [0.15, 0.2) is 11.9 Å². The summed E-state index contributed by atoms with van der Waals surface area (Å²) in [4.78, 5) is 8.42. The van der Waals surface area contributed by atoms with Crippen LogP contribution >= 0.6 is 0 Å². The molecule has 0 bridgehead atoms. The Labute approximate surface area is 131 Å². The molecule has 0 fully saturated rings. The molecule has 3 nitrogen and oxygen atoms in total. The molecule has 22 heavy (non-hydrogen) atoms. The van der Waals surface area contributed by atoms with Crippen molar-refractivity contribution in [2.45, 2.75) is 19.8 Å². The minimum atomic E-state index is 0.913. The molecule has 3 rings (SSSR count). The standard InChI is InChI=1S/C19H20N3/c1-15-3-4-17(13-21-15)11-18-5-6-19(22(2)14-18)12-16-7-9-20-10-8-16/h3-10,13-14H,11-12H2,1-2H3/q+1. The Hall–Kier alpha value is -2.55. The summed E-state index contributed by atoms with van der Waals surface area (Å²) in [5, 5.41) is 0. The number of aromatic nitrogens is 3. The predicted molar refractivity (Wildman–Crippen MR) is 86.4 cm³/mol. The molecule has 3 heterocycles. The minimum absolute atomic E-state index is 0.913. The second-order valence-electron chi connectivity index (χ2n) is 5.66. The van der Waals surface area contributed by atoms with E-state index in [1.54, 1.807) is 0 Å². The maximum atomic E-state index is 4.36. The largest absolute Gasteiger partial charge is 0.265 e. The van der Waals surface area contributed by atoms with Crippen LogP contribution in [-0.2, 0) is 19.9 Å². The highest BCUT2D eigenvalue weighted by atomic mass is 14.9. The van der Waals surface area contributed by atoms with Crippen molar-refractivity contribution < 1.29 is 4.57 Å². The molecule has 3 heteroatoms. The van der Waals surface area contributed by atoms with E-state index in [1.165, 1.54) is 22.4 Å². The van der Waals surface area contributed by atoms with Gasteiger partial charge in [-0.25, -0.2) is 4.57 Å². The van der Waals surface area contributed by atoms with Crippen molar-refractivity contribution in [1.82, 2.24) is 9.97 Å². The first-order valence-corrected chi connectivity index (χ1v) is 7.48. The highest BCUT2D eigenvalue weighted by Crippen LogP contribution is 2.10. The monoisotopic (exact) mass is 290 g/mol. The summed E-state index contributed by atoms with van der Waals surface area (Å²) in [5.41, 5.74) is 6.17. The summed E-state index contributed by atoms with van der Waals surface area (Å²) >= 11 is 0. The predicted octanol–water partition coefficient (Wildman–Crippen LogP) is 2.79. The molecule has 0 N–H and O–H groups in total. The molecule has 0 radical (unpaired) electrons. The first-order chi connectivity index (χ1) is 10.7. The van der Waals surface area contributed by atoms with Gasteiger partial charge in [-0.1, -0.05) is 6.07 Å². The lowest BCUT2D eigenvalue weighted by Crippen LogP contribution is -2.33. The highest BCUT2D eigenvalue weighted by Gasteiger charge is 2.09. The van der Waals surface area contributed by atoms with Gasteiger partial charge in [0.05, 0.1) is 6.42 Å². The van der Waals surface area contributed by atoms with Crippen LogP contribution in [-0.4, -0.2) is 9.97 Å². The topological polar surface area (TPSA) is 29.7 Å². The van der Waals surface area contributed by atoms with Crippen molar-refractivity contribution in [2.75, 3.05) is 0 Å². The van der Waals surface area contributed by atoms with Crippen LogP contribution in [0.4, 0.5) is 0 Å². The van der Waals surface area contributed by atoms with Crippen molar-refractivity contribution in [2.24, 2.45) is 7.05 Å². The fraction of sp³-hybridized carbons (Fsp3) is 0.211. The van der Waals surface area contributed by atoms with Gasteiger partial charge in [0.1, 0.15) is 7.05 Å². The van der Waals surface area contributed by atoms with Crippen LogP contribution in [0.5, 0.6) is 0 Å². The van der Waals surface area contributed by atoms with Crippen LogP contribution in [0.25, 0.3) is 0 Å². The van der Waals surface area contributed by atoms with E-state index in [0.717, 1.165) is 18.5 Å². The number of nitrogens with zero attached hydrogens (tertiary/aromatic N) is 3. The molecule has 3 aromatic rings. The Bertz CT molecular complexity index is 749. The van der Waals surface area contributed by atoms with Crippen molar-refractivity contribution in [3.63, 3.8) is 0 Å². The molecule has 0 unspecified atom stereocenters. The summed E-state index contributed by atoms with van der Waals surface area (Å²) in [7, 11) is 2.10. The molecule has 0 atom stereocenters. The van der Waals surface area contributed by atoms with E-state index in [-0.39, 0.29) is 0 Å². The zero-order valence-corrected chi connectivity index (χ0v) is 13.0. The normalized spacial score (nSPS) is 10.6. The molecule has 0 saturated heterocycles. The number of rotatable bonds is 4. The Balaban J connectivity index is 1.75. The second-order valence-corrected chi connectivity index (χ2v) is 5.66. The Morgan fingerprint density at radius 2 is 1.64 bits per heavy atom. The number of hydrogen-bond acceptors (Lipinski definition) is 2. The molecule has 3 aromatic heterocycles. The fourth-order valence-corrected chi connectivity index (χ4v) is 2.53. The molecule has 0 amide bonds. The molecule has 0 aliphatic carbocycles. The van der Waals surface area contributed by atoms with Gasteiger partial charge in [-0.3, -0.25) is 9.97 Å². The molecule has 0 spiro atoms. The van der Waals surface area contributed by atoms with E-state index < -0.39 is 0 Å². The maximum absolute atomic E-state index is 4.36. The lowest BCUT2D eigenvalue weighted by atomic mass is 10.1. The summed E-state index contributed by atoms with van der Waals surface area (Å²) in [6.45, 7) is 2.01. The molecule has 0 saturated carbocycles. The molecular formula is C19H20N3+. The fourth-order valence-electron chi connectivity index (χ4n) is 2.53. The number of pyridine rings is 3. The van der Waals surface area contributed by atoms with Crippen LogP contribution in [0.15, 0.2) is 61.2 Å². The summed E-state index contributed by atoms with van der Waals surface area (Å²) in [5.74, 6) is 0. The van der Waals surface area contributed by atoms with Gasteiger partial charge in [-0.05, 0) is 42.3 Å². The van der Waals surface area contributed by atoms with E-state index >= 15 is 0 Å². The van der Waals surface area contributed by atoms with Crippen LogP contribution in [0.1, 0.15) is 28.1 Å². The van der Waals surface area contributed by atoms with Gasteiger partial charge >= 0.3 is 0 Å². The lowest BCUT2D eigenvalue weighted by Gasteiger charge is -2.04. The first kappa shape index (κ1) is 14.4. The number of hydrogen-bond donors (Lipinski definition) is 0. The molecule has 110 valence electrons. The van der Waals surface area contributed by atoms with Gasteiger partial charge in [0, 0.05) is 42.3 Å². The van der Waals surface area contributed by atoms with Crippen molar-refractivity contribution in [3.05, 3.63) is 89.3 Å². The van der Waals surface area contributed by atoms with E-state index in [2.05, 4.69) is 64.2 Å². The van der Waals surface area contributed by atoms with Gasteiger partial charge in [-0.2, -0.15) is 0 Å². The van der Waals surface area contributed by atoms with Gasteiger partial charge in [0.25, 0.3) is 0 Å².